The SMILES string of the molecule is C#CCC(=O)NCC1O[C@H](O[C@H]2OC(CO)[C@@H](O)C(O)[C@H]2O)C(O)[C@@H](O)[C@@H]1O.CCC(=O)NCC1O[C@H](O[C@H]2OC(CC)[C@@H](O)C(O)[C@H]2O)C(O)[C@@H](O)[C@@H]1O.CCC(=O)NCC1O[C@H](O[C@H]2OC(CO)[C@@H](O)C(O)[C@H]2O)C(O)[C@@H](O)[C@@H]1O.CCC(=O)NCC1O[C@H](O[C@H]2OC(CO)[C@@H](O)C(O)[C@H]2O)C(O)[C@@H](O)[C@@H]1O.CCC1O[C@H](O[C@H]2OC(CNC(=O)CN=[N+]=[N-])[C@@H](O)[C@H](O)C2O)[C@H](O)C(O)[C@@H]1O. The van der Waals surface area contributed by atoms with Gasteiger partial charge in [-0.15, -0.1) is 6.42 Å². The van der Waals surface area contributed by atoms with Crippen molar-refractivity contribution in [3.63, 3.8) is 0 Å². The third kappa shape index (κ3) is 31.7. The molecule has 61 nitrogen and oxygen atoms in total. The Bertz CT molecular complexity index is 3510. The normalized spacial score (nSPS) is 44.6. The zero-order chi connectivity index (χ0) is 104. The van der Waals surface area contributed by atoms with E-state index in [0.29, 0.717) is 12.8 Å². The number of amides is 5. The van der Waals surface area contributed by atoms with Crippen LogP contribution in [0.5, 0.6) is 0 Å². The molecule has 38 N–H and O–H groups in total. The molecule has 10 aliphatic rings. The van der Waals surface area contributed by atoms with E-state index in [2.05, 4.69) is 42.5 Å². The molecule has 0 spiro atoms. The Morgan fingerprint density at radius 1 is 0.261 bits per heavy atom. The second-order valence-electron chi connectivity index (χ2n) is 33.0. The Kier molecular flexibility index (Phi) is 50.2. The molecule has 0 saturated carbocycles. The van der Waals surface area contributed by atoms with Gasteiger partial charge in [-0.1, -0.05) is 45.7 Å². The van der Waals surface area contributed by atoms with Crippen LogP contribution in [0.25, 0.3) is 10.4 Å². The van der Waals surface area contributed by atoms with Crippen molar-refractivity contribution in [1.29, 1.82) is 0 Å². The predicted octanol–water partition coefficient (Wildman–Crippen LogP) is -22.0. The second kappa shape index (κ2) is 57.3. The monoisotopic (exact) mass is 2020 g/mol. The van der Waals surface area contributed by atoms with Crippen LogP contribution < -0.4 is 26.6 Å². The van der Waals surface area contributed by atoms with Crippen molar-refractivity contribution in [3.8, 4) is 12.3 Å². The van der Waals surface area contributed by atoms with Gasteiger partial charge in [-0.25, -0.2) is 0 Å². The Morgan fingerprint density at radius 3 is 0.587 bits per heavy atom. The van der Waals surface area contributed by atoms with Crippen molar-refractivity contribution in [2.75, 3.05) is 59.1 Å². The Hall–Kier alpha value is -5.70. The lowest BCUT2D eigenvalue weighted by Gasteiger charge is -2.45. The van der Waals surface area contributed by atoms with E-state index >= 15 is 0 Å². The topological polar surface area (TPSA) is 1000 Å². The number of aliphatic hydroxyl groups is 33. The van der Waals surface area contributed by atoms with Crippen molar-refractivity contribution in [3.05, 3.63) is 10.4 Å². The highest BCUT2D eigenvalue weighted by molar-refractivity contribution is 5.79. The zero-order valence-corrected chi connectivity index (χ0v) is 74.8. The molecule has 0 radical (unpaired) electrons. The maximum atomic E-state index is 11.5. The van der Waals surface area contributed by atoms with E-state index < -0.39 is 345 Å². The molecule has 0 bridgehead atoms. The molecule has 0 aromatic heterocycles. The van der Waals surface area contributed by atoms with Gasteiger partial charge in [0.05, 0.1) is 38.4 Å². The highest BCUT2D eigenvalue weighted by Crippen LogP contribution is 2.36. The number of rotatable bonds is 31. The summed E-state index contributed by atoms with van der Waals surface area (Å²) in [6.07, 6.45) is -69.8. The van der Waals surface area contributed by atoms with E-state index in [4.69, 9.17) is 83.0 Å². The van der Waals surface area contributed by atoms with Crippen LogP contribution in [0, 0.1) is 12.3 Å². The Labute approximate surface area is 784 Å². The van der Waals surface area contributed by atoms with Crippen molar-refractivity contribution in [2.45, 2.75) is 380 Å². The quantitative estimate of drug-likeness (QED) is 0.0133. The lowest BCUT2D eigenvalue weighted by molar-refractivity contribution is -0.374. The molecule has 20 unspecified atom stereocenters. The molecule has 10 rings (SSSR count). The van der Waals surface area contributed by atoms with Crippen LogP contribution in [0.15, 0.2) is 5.11 Å². The fraction of sp³-hybridized carbons (Fsp3) is 0.909. The largest absolute Gasteiger partial charge is 0.394 e. The highest BCUT2D eigenvalue weighted by atomic mass is 16.8. The van der Waals surface area contributed by atoms with Crippen molar-refractivity contribution < 1.29 is 264 Å². The number of azide groups is 1. The molecule has 61 heteroatoms. The standard InChI is InChI=1S/C16H25NO11.C16H29NO10.C15H26N4O10.2C15H27NO11/c1-2-3-8(19)17-4-6-9(20)11(22)13(24)15(26-6)28-16-14(25)12(23)10(21)7(5-18)27-16;1-3-6-9(19)11(21)13(23)15(25-6)27-16-14(24)12(22)10(20)7(26-16)5-17-8(18)4-2;1-2-5-8(21)10(23)12(25)14(27-5)29-15-13(26)11(24)9(22)6(28-15)3-17-7(20)4-18-19-16;2*1-2-7(18)16-3-5-8(19)10(21)12(23)14(25-5)27-15-13(24)11(22)9(20)6(4-17)26-15/h1,6-7,9-16,18,20-25H,3-5H2,(H,17,19);6-7,9-16,19-24H,3-5H2,1-2H3,(H,17,18);5-6,8-15,21-26H,2-4H2,1H3,(H,17,20);2*5-6,8-15,17,19-24H,2-4H2,1H3,(H,16,18)/t6?,7?,9-,10-,11+,12?,13?,14-,15-,16-;6?,7?,9-,10-,11?,12+,13-,14?,15-,16-;5?,6?,8-,9-,10?,11+,12-,13?,14-,15-;2*5?,6?,8-,9-,10+,11?,12?,13-,14-,15-/m11111/s1. The summed E-state index contributed by atoms with van der Waals surface area (Å²) >= 11 is 0. The van der Waals surface area contributed by atoms with E-state index in [-0.39, 0.29) is 76.1 Å². The first-order chi connectivity index (χ1) is 65.0. The molecule has 10 heterocycles. The van der Waals surface area contributed by atoms with E-state index in [1.807, 2.05) is 0 Å². The summed E-state index contributed by atoms with van der Waals surface area (Å²) in [5.74, 6) is 0.00815. The number of hydrogen-bond acceptors (Lipinski definition) is 54. The van der Waals surface area contributed by atoms with Gasteiger partial charge in [0.25, 0.3) is 0 Å². The number of aliphatic hydroxyl groups excluding tert-OH is 33. The first kappa shape index (κ1) is 121. The first-order valence-corrected chi connectivity index (χ1v) is 43.9. The summed E-state index contributed by atoms with van der Waals surface area (Å²) in [6, 6.07) is 0. The predicted molar refractivity (Wildman–Crippen MR) is 437 cm³/mol. The fourth-order valence-corrected chi connectivity index (χ4v) is 14.7. The minimum Gasteiger partial charge on any atom is -0.394 e. The molecular formula is C77H134N8O53. The number of terminal acetylenes is 1. The Morgan fingerprint density at radius 2 is 0.420 bits per heavy atom. The second-order valence-corrected chi connectivity index (χ2v) is 33.0. The average Bonchev–Trinajstić information content (AvgIpc) is 0.802. The Balaban J connectivity index is 0.000000265. The third-order valence-electron chi connectivity index (χ3n) is 23.4. The lowest BCUT2D eigenvalue weighted by Crippen LogP contribution is -2.64. The summed E-state index contributed by atoms with van der Waals surface area (Å²) in [5, 5.41) is 342. The first-order valence-electron chi connectivity index (χ1n) is 43.9. The molecule has 0 aromatic carbocycles. The molecule has 0 aromatic rings. The van der Waals surface area contributed by atoms with Gasteiger partial charge in [-0.2, -0.15) is 0 Å². The molecule has 10 fully saturated rings. The molecule has 5 amide bonds. The summed E-state index contributed by atoms with van der Waals surface area (Å²) in [5.41, 5.74) is 8.19. The summed E-state index contributed by atoms with van der Waals surface area (Å²) in [7, 11) is 0. The molecule has 10 saturated heterocycles. The number of nitrogens with zero attached hydrogens (tertiary/aromatic N) is 3. The van der Waals surface area contributed by atoms with Gasteiger partial charge >= 0.3 is 0 Å². The fourth-order valence-electron chi connectivity index (χ4n) is 14.7. The smallest absolute Gasteiger partial charge is 0.232 e. The van der Waals surface area contributed by atoms with Gasteiger partial charge in [0.2, 0.25) is 29.5 Å². The van der Waals surface area contributed by atoms with Gasteiger partial charge in [-0.05, 0) is 18.4 Å². The maximum Gasteiger partial charge on any atom is 0.232 e. The number of hydrogen-bond donors (Lipinski definition) is 38. The van der Waals surface area contributed by atoms with Crippen LogP contribution in [-0.4, -0.2) is 564 Å². The minimum absolute atomic E-state index is 0.134. The van der Waals surface area contributed by atoms with Crippen LogP contribution in [0.4, 0.5) is 0 Å². The van der Waals surface area contributed by atoms with Crippen molar-refractivity contribution >= 4 is 29.5 Å². The minimum atomic E-state index is -1.76. The summed E-state index contributed by atoms with van der Waals surface area (Å²) in [4.78, 5) is 59.5. The lowest BCUT2D eigenvalue weighted by atomic mass is 9.97. The highest BCUT2D eigenvalue weighted by Gasteiger charge is 2.57. The van der Waals surface area contributed by atoms with E-state index in [1.165, 1.54) is 0 Å². The number of ether oxygens (including phenoxy) is 15. The van der Waals surface area contributed by atoms with Crippen molar-refractivity contribution in [2.24, 2.45) is 5.11 Å². The van der Waals surface area contributed by atoms with Gasteiger partial charge in [0.15, 0.2) is 62.9 Å². The molecule has 0 aliphatic carbocycles. The van der Waals surface area contributed by atoms with Crippen LogP contribution in [-0.2, 0) is 95.0 Å². The molecule has 138 heavy (non-hydrogen) atoms. The van der Waals surface area contributed by atoms with E-state index in [9.17, 15) is 192 Å². The number of carbonyl (C=O) groups is 5. The van der Waals surface area contributed by atoms with Gasteiger partial charge in [0, 0.05) is 56.9 Å². The average molecular weight is 2020 g/mol. The van der Waals surface area contributed by atoms with E-state index in [0.717, 1.165) is 0 Å². The molecule has 800 valence electrons. The van der Waals surface area contributed by atoms with Gasteiger partial charge in [-0.3, -0.25) is 24.0 Å². The van der Waals surface area contributed by atoms with Crippen LogP contribution in [0.2, 0.25) is 0 Å². The van der Waals surface area contributed by atoms with Crippen LogP contribution >= 0.6 is 0 Å². The van der Waals surface area contributed by atoms with Crippen LogP contribution in [0.1, 0.15) is 73.1 Å². The zero-order valence-electron chi connectivity index (χ0n) is 74.8. The maximum absolute atomic E-state index is 11.5. The number of nitrogens with one attached hydrogen (secondary N) is 5. The van der Waals surface area contributed by atoms with Crippen LogP contribution in [0.3, 0.4) is 0 Å². The van der Waals surface area contributed by atoms with Gasteiger partial charge < -0.3 is 266 Å². The van der Waals surface area contributed by atoms with Crippen molar-refractivity contribution in [1.82, 2.24) is 26.6 Å². The molecule has 50 atom stereocenters. The van der Waals surface area contributed by atoms with Gasteiger partial charge in [0.1, 0.15) is 238 Å². The van der Waals surface area contributed by atoms with E-state index in [1.54, 1.807) is 34.6 Å². The number of carbonyl (C=O) groups excluding carboxylic acids is 5. The summed E-state index contributed by atoms with van der Waals surface area (Å²) < 4.78 is 79.7. The molecule has 10 aliphatic heterocycles. The third-order valence-corrected chi connectivity index (χ3v) is 23.4. The summed E-state index contributed by atoms with van der Waals surface area (Å²) in [6.45, 7) is 4.69. The molecular weight excluding hydrogens is 1880 g/mol.